The zero-order chi connectivity index (χ0) is 33.2. The van der Waals surface area contributed by atoms with Crippen LogP contribution >= 0.6 is 11.3 Å². The first-order valence-electron chi connectivity index (χ1n) is 16.4. The Labute approximate surface area is 275 Å². The lowest BCUT2D eigenvalue weighted by atomic mass is 9.58. The molecule has 4 bridgehead atoms. The Hall–Kier alpha value is -4.33. The summed E-state index contributed by atoms with van der Waals surface area (Å²) in [5, 5.41) is 12.5. The van der Waals surface area contributed by atoms with Crippen LogP contribution in [0.5, 0.6) is 0 Å². The number of Topliss-reactive ketones (excluding diaryl/α,β-unsaturated/α-hetero) is 1. The number of amides is 4. The molecule has 4 N–H and O–H groups in total. The molecule has 3 aromatic rings. The van der Waals surface area contributed by atoms with Crippen molar-refractivity contribution in [2.75, 3.05) is 12.4 Å². The number of likely N-dealkylation sites (N-methyl/N-ethyl adjacent to an activating group) is 1. The fourth-order valence-corrected chi connectivity index (χ4v) is 8.81. The number of aryl methyl sites for hydroxylation is 1. The maximum Gasteiger partial charge on any atom is 0.287 e. The molecule has 13 nitrogen and oxygen atoms in total. The molecule has 0 saturated heterocycles. The van der Waals surface area contributed by atoms with Crippen molar-refractivity contribution in [3.05, 3.63) is 51.6 Å². The van der Waals surface area contributed by atoms with Crippen LogP contribution in [0.25, 0.3) is 4.96 Å². The number of ketones is 1. The summed E-state index contributed by atoms with van der Waals surface area (Å²) in [7, 11) is 1.33. The number of pyridine rings is 1. The van der Waals surface area contributed by atoms with Crippen LogP contribution in [0.15, 0.2) is 34.7 Å². The monoisotopic (exact) mass is 663 g/mol. The highest BCUT2D eigenvalue weighted by molar-refractivity contribution is 7.15. The van der Waals surface area contributed by atoms with Gasteiger partial charge in [0.25, 0.3) is 17.4 Å². The maximum absolute atomic E-state index is 13.5. The number of rotatable bonds is 11. The van der Waals surface area contributed by atoms with E-state index in [0.29, 0.717) is 22.5 Å². The zero-order valence-corrected chi connectivity index (χ0v) is 27.4. The Morgan fingerprint density at radius 1 is 1.04 bits per heavy atom. The smallest absolute Gasteiger partial charge is 0.287 e. The van der Waals surface area contributed by atoms with Crippen molar-refractivity contribution in [2.45, 2.75) is 83.3 Å². The minimum absolute atomic E-state index is 0.0779. The SMILES string of the molecule is CNC(=O)C(=O)CC[C@H](NC(=O)c1c(C)nc2sccn12)C(=O)Nc1cccn(CC(=O)NC2C3CCCC4CC(C3)CC2C4)c1=O. The van der Waals surface area contributed by atoms with Crippen LogP contribution < -0.4 is 26.8 Å². The number of hydrogen-bond acceptors (Lipinski definition) is 8. The van der Waals surface area contributed by atoms with Gasteiger partial charge >= 0.3 is 0 Å². The van der Waals surface area contributed by atoms with E-state index in [2.05, 4.69) is 26.3 Å². The van der Waals surface area contributed by atoms with Gasteiger partial charge in [-0.1, -0.05) is 12.8 Å². The molecule has 4 saturated carbocycles. The number of carbonyl (C=O) groups is 5. The predicted molar refractivity (Wildman–Crippen MR) is 175 cm³/mol. The summed E-state index contributed by atoms with van der Waals surface area (Å²) < 4.78 is 2.86. The van der Waals surface area contributed by atoms with Gasteiger partial charge in [-0.05, 0) is 81.3 Å². The number of fused-ring (bicyclic) bond motifs is 3. The molecular weight excluding hydrogens is 622 g/mol. The lowest BCUT2D eigenvalue weighted by molar-refractivity contribution is -0.137. The third kappa shape index (κ3) is 7.02. The van der Waals surface area contributed by atoms with Crippen LogP contribution in [0.4, 0.5) is 5.69 Å². The summed E-state index contributed by atoms with van der Waals surface area (Å²) in [5.74, 6) is -0.684. The van der Waals surface area contributed by atoms with Gasteiger partial charge in [0, 0.05) is 37.3 Å². The van der Waals surface area contributed by atoms with Gasteiger partial charge in [0.15, 0.2) is 4.96 Å². The first kappa shape index (κ1) is 32.6. The highest BCUT2D eigenvalue weighted by Gasteiger charge is 2.44. The Morgan fingerprint density at radius 2 is 1.83 bits per heavy atom. The van der Waals surface area contributed by atoms with Gasteiger partial charge in [-0.2, -0.15) is 0 Å². The number of imidazole rings is 1. The van der Waals surface area contributed by atoms with Gasteiger partial charge in [0.05, 0.1) is 5.69 Å². The topological polar surface area (TPSA) is 173 Å². The predicted octanol–water partition coefficient (Wildman–Crippen LogP) is 2.42. The molecule has 250 valence electrons. The minimum atomic E-state index is -1.26. The molecule has 14 heteroatoms. The molecule has 3 heterocycles. The fraction of sp³-hybridized carbons (Fsp3) is 0.545. The van der Waals surface area contributed by atoms with E-state index in [0.717, 1.165) is 37.5 Å². The van der Waals surface area contributed by atoms with Crippen molar-refractivity contribution in [1.29, 1.82) is 0 Å². The first-order chi connectivity index (χ1) is 22.6. The number of anilines is 1. The average Bonchev–Trinajstić information content (AvgIpc) is 3.61. The van der Waals surface area contributed by atoms with Gasteiger partial charge in [0.1, 0.15) is 24.0 Å². The number of nitrogens with one attached hydrogen (secondary N) is 4. The summed E-state index contributed by atoms with van der Waals surface area (Å²) >= 11 is 1.35. The average molecular weight is 664 g/mol. The molecule has 6 atom stereocenters. The molecule has 0 radical (unpaired) electrons. The van der Waals surface area contributed by atoms with Crippen LogP contribution in [-0.2, 0) is 25.7 Å². The van der Waals surface area contributed by atoms with E-state index in [1.54, 1.807) is 29.0 Å². The lowest BCUT2D eigenvalue weighted by Gasteiger charge is -2.50. The molecule has 4 fully saturated rings. The minimum Gasteiger partial charge on any atom is -0.353 e. The summed E-state index contributed by atoms with van der Waals surface area (Å²) in [4.78, 5) is 82.7. The molecule has 4 aliphatic carbocycles. The van der Waals surface area contributed by atoms with E-state index in [1.165, 1.54) is 54.5 Å². The summed E-state index contributed by atoms with van der Waals surface area (Å²) in [6, 6.07) is 1.84. The largest absolute Gasteiger partial charge is 0.353 e. The Morgan fingerprint density at radius 3 is 2.64 bits per heavy atom. The standard InChI is InChI=1S/C33H41N7O6S/c1-18-28(40-11-12-47-33(40)35-18)31(45)36-23(8-9-25(41)30(44)34-2)29(43)37-24-7-4-10-39(32(24)46)17-26(42)38-27-21-6-3-5-19-13-20(15-21)16-22(27)14-19/h4,7,10-12,19-23,27H,3,5-6,8-9,13-17H2,1-2H3,(H,34,44)(H,36,45)(H,37,43)(H,38,42)/t19?,20?,21?,22?,23-,27?/m0/s1. The molecule has 3 aromatic heterocycles. The molecule has 7 rings (SSSR count). The molecule has 5 unspecified atom stereocenters. The van der Waals surface area contributed by atoms with Crippen LogP contribution in [0.1, 0.15) is 74.0 Å². The molecule has 0 aromatic carbocycles. The summed E-state index contributed by atoms with van der Waals surface area (Å²) in [6.45, 7) is 1.48. The molecule has 47 heavy (non-hydrogen) atoms. The molecule has 0 aliphatic heterocycles. The van der Waals surface area contributed by atoms with Crippen molar-refractivity contribution in [3.63, 3.8) is 0 Å². The highest BCUT2D eigenvalue weighted by atomic mass is 32.1. The maximum atomic E-state index is 13.5. The van der Waals surface area contributed by atoms with E-state index >= 15 is 0 Å². The van der Waals surface area contributed by atoms with E-state index in [4.69, 9.17) is 0 Å². The number of carbonyl (C=O) groups excluding carboxylic acids is 5. The van der Waals surface area contributed by atoms with Gasteiger partial charge in [-0.25, -0.2) is 4.98 Å². The third-order valence-electron chi connectivity index (χ3n) is 10.1. The van der Waals surface area contributed by atoms with Crippen molar-refractivity contribution in [3.8, 4) is 0 Å². The number of aromatic nitrogens is 3. The Bertz CT molecular complexity index is 1750. The molecule has 4 amide bonds. The lowest BCUT2D eigenvalue weighted by Crippen LogP contribution is -2.53. The van der Waals surface area contributed by atoms with Crippen molar-refractivity contribution >= 4 is 51.4 Å². The van der Waals surface area contributed by atoms with E-state index in [9.17, 15) is 28.8 Å². The van der Waals surface area contributed by atoms with Crippen LogP contribution in [-0.4, -0.2) is 62.5 Å². The van der Waals surface area contributed by atoms with Gasteiger partial charge in [0.2, 0.25) is 17.6 Å². The molecule has 4 aliphatic rings. The number of hydrogen-bond donors (Lipinski definition) is 4. The second-order valence-corrected chi connectivity index (χ2v) is 14.1. The van der Waals surface area contributed by atoms with E-state index in [1.807, 2.05) is 0 Å². The summed E-state index contributed by atoms with van der Waals surface area (Å²) in [5.41, 5.74) is 0.0355. The third-order valence-corrected chi connectivity index (χ3v) is 10.9. The van der Waals surface area contributed by atoms with Crippen LogP contribution in [0.2, 0.25) is 0 Å². The van der Waals surface area contributed by atoms with Gasteiger partial charge in [-0.3, -0.25) is 33.2 Å². The van der Waals surface area contributed by atoms with E-state index < -0.39 is 35.1 Å². The highest BCUT2D eigenvalue weighted by Crippen LogP contribution is 2.49. The van der Waals surface area contributed by atoms with Crippen molar-refractivity contribution in [2.24, 2.45) is 23.7 Å². The first-order valence-corrected chi connectivity index (χ1v) is 17.3. The van der Waals surface area contributed by atoms with Crippen molar-refractivity contribution in [1.82, 2.24) is 29.9 Å². The van der Waals surface area contributed by atoms with Crippen LogP contribution in [0, 0.1) is 30.6 Å². The number of nitrogens with zero attached hydrogens (tertiary/aromatic N) is 3. The second kappa shape index (κ2) is 13.8. The quantitative estimate of drug-likeness (QED) is 0.228. The fourth-order valence-electron chi connectivity index (χ4n) is 8.05. The second-order valence-electron chi connectivity index (χ2n) is 13.2. The number of thiazole rings is 1. The normalized spacial score (nSPS) is 23.8. The molecule has 0 spiro atoms. The summed E-state index contributed by atoms with van der Waals surface area (Å²) in [6.07, 6.45) is 11.1. The Kier molecular flexibility index (Phi) is 9.57. The van der Waals surface area contributed by atoms with E-state index in [-0.39, 0.29) is 42.7 Å². The van der Waals surface area contributed by atoms with Gasteiger partial charge in [-0.15, -0.1) is 11.3 Å². The Balaban J connectivity index is 1.15. The van der Waals surface area contributed by atoms with Crippen LogP contribution in [0.3, 0.4) is 0 Å². The van der Waals surface area contributed by atoms with Crippen molar-refractivity contribution < 1.29 is 24.0 Å². The zero-order valence-electron chi connectivity index (χ0n) is 26.6. The van der Waals surface area contributed by atoms with Gasteiger partial charge < -0.3 is 25.8 Å². The molecular formula is C33H41N7O6S.